The van der Waals surface area contributed by atoms with Gasteiger partial charge in [-0.1, -0.05) is 12.1 Å². The Kier molecular flexibility index (Phi) is 5.89. The lowest BCUT2D eigenvalue weighted by Crippen LogP contribution is -2.40. The second-order valence-corrected chi connectivity index (χ2v) is 6.36. The van der Waals surface area contributed by atoms with Gasteiger partial charge in [0, 0.05) is 19.6 Å². The second-order valence-electron chi connectivity index (χ2n) is 6.36. The topological polar surface area (TPSA) is 41.9 Å². The average Bonchev–Trinajstić information content (AvgIpc) is 2.65. The van der Waals surface area contributed by atoms with Crippen molar-refractivity contribution in [2.24, 2.45) is 0 Å². The first-order valence-corrected chi connectivity index (χ1v) is 8.60. The molecular weight excluding hydrogens is 321 g/mol. The first-order valence-electron chi connectivity index (χ1n) is 8.60. The number of nitrogens with zero attached hydrogens (tertiary/aromatic N) is 1. The lowest BCUT2D eigenvalue weighted by atomic mass is 10.0. The quantitative estimate of drug-likeness (QED) is 0.871. The first kappa shape index (κ1) is 17.7. The van der Waals surface area contributed by atoms with Crippen LogP contribution in [0.5, 0.6) is 11.5 Å². The Labute approximate surface area is 147 Å². The van der Waals surface area contributed by atoms with Crippen molar-refractivity contribution in [1.29, 1.82) is 0 Å². The van der Waals surface area contributed by atoms with Gasteiger partial charge in [-0.3, -0.25) is 0 Å². The predicted octanol–water partition coefficient (Wildman–Crippen LogP) is 3.41. The Balaban J connectivity index is 1.47. The molecule has 0 radical (unpaired) electrons. The molecule has 1 aliphatic heterocycles. The molecule has 1 aliphatic rings. The number of halogens is 1. The van der Waals surface area contributed by atoms with Crippen molar-refractivity contribution >= 4 is 0 Å². The van der Waals surface area contributed by atoms with Gasteiger partial charge in [-0.05, 0) is 54.8 Å². The highest BCUT2D eigenvalue weighted by molar-refractivity contribution is 5.30. The fourth-order valence-corrected chi connectivity index (χ4v) is 3.11. The Morgan fingerprint density at radius 1 is 1.12 bits per heavy atom. The number of aliphatic hydroxyl groups excluding tert-OH is 1. The molecule has 0 bridgehead atoms. The van der Waals surface area contributed by atoms with Crippen LogP contribution in [-0.4, -0.2) is 42.9 Å². The fourth-order valence-electron chi connectivity index (χ4n) is 3.11. The smallest absolute Gasteiger partial charge is 0.123 e. The van der Waals surface area contributed by atoms with Gasteiger partial charge in [0.05, 0.1) is 13.2 Å². The molecular formula is C20H24FNO3. The van der Waals surface area contributed by atoms with Gasteiger partial charge in [0.25, 0.3) is 0 Å². The Morgan fingerprint density at radius 2 is 1.84 bits per heavy atom. The SMILES string of the molecule is COc1cccc(C(O)CN2CCC(Oc3ccc(F)cc3)CC2)c1. The van der Waals surface area contributed by atoms with Crippen molar-refractivity contribution in [2.75, 3.05) is 26.7 Å². The number of hydrogen-bond donors (Lipinski definition) is 1. The van der Waals surface area contributed by atoms with E-state index in [9.17, 15) is 9.50 Å². The number of hydrogen-bond acceptors (Lipinski definition) is 4. The second kappa shape index (κ2) is 8.32. The molecule has 1 heterocycles. The molecule has 0 spiro atoms. The van der Waals surface area contributed by atoms with E-state index in [4.69, 9.17) is 9.47 Å². The van der Waals surface area contributed by atoms with Crippen molar-refractivity contribution in [1.82, 2.24) is 4.90 Å². The molecule has 3 rings (SSSR count). The number of benzene rings is 2. The van der Waals surface area contributed by atoms with Gasteiger partial charge >= 0.3 is 0 Å². The molecule has 0 aromatic heterocycles. The summed E-state index contributed by atoms with van der Waals surface area (Å²) in [7, 11) is 1.62. The molecule has 2 aromatic carbocycles. The maximum absolute atomic E-state index is 12.9. The summed E-state index contributed by atoms with van der Waals surface area (Å²) in [6.45, 7) is 2.33. The van der Waals surface area contributed by atoms with Crippen LogP contribution in [0, 0.1) is 5.82 Å². The van der Waals surface area contributed by atoms with Crippen molar-refractivity contribution in [2.45, 2.75) is 25.0 Å². The van der Waals surface area contributed by atoms with Gasteiger partial charge in [-0.2, -0.15) is 0 Å². The van der Waals surface area contributed by atoms with Gasteiger partial charge in [0.2, 0.25) is 0 Å². The predicted molar refractivity (Wildman–Crippen MR) is 94.4 cm³/mol. The number of likely N-dealkylation sites (tertiary alicyclic amines) is 1. The van der Waals surface area contributed by atoms with Crippen LogP contribution in [-0.2, 0) is 0 Å². The van der Waals surface area contributed by atoms with E-state index >= 15 is 0 Å². The van der Waals surface area contributed by atoms with E-state index in [-0.39, 0.29) is 11.9 Å². The summed E-state index contributed by atoms with van der Waals surface area (Å²) in [5, 5.41) is 10.5. The molecule has 25 heavy (non-hydrogen) atoms. The molecule has 5 heteroatoms. The van der Waals surface area contributed by atoms with Crippen LogP contribution >= 0.6 is 0 Å². The molecule has 2 aromatic rings. The minimum Gasteiger partial charge on any atom is -0.497 e. The number of β-amino-alcohol motifs (C(OH)–C–C–N with tert-alkyl or cyclic N) is 1. The van der Waals surface area contributed by atoms with Gasteiger partial charge in [0.1, 0.15) is 23.4 Å². The Hall–Kier alpha value is -2.11. The van der Waals surface area contributed by atoms with Crippen molar-refractivity contribution < 1.29 is 19.0 Å². The zero-order valence-electron chi connectivity index (χ0n) is 14.4. The molecule has 4 nitrogen and oxygen atoms in total. The van der Waals surface area contributed by atoms with E-state index in [0.29, 0.717) is 12.3 Å². The van der Waals surface area contributed by atoms with Crippen LogP contribution in [0.4, 0.5) is 4.39 Å². The van der Waals surface area contributed by atoms with Gasteiger partial charge < -0.3 is 19.5 Å². The van der Waals surface area contributed by atoms with Crippen LogP contribution in [0.15, 0.2) is 48.5 Å². The van der Waals surface area contributed by atoms with Crippen LogP contribution in [0.25, 0.3) is 0 Å². The first-order chi connectivity index (χ1) is 12.1. The number of piperidine rings is 1. The summed E-state index contributed by atoms with van der Waals surface area (Å²) in [6.07, 6.45) is 1.38. The van der Waals surface area contributed by atoms with Crippen LogP contribution in [0.2, 0.25) is 0 Å². The van der Waals surface area contributed by atoms with E-state index in [0.717, 1.165) is 37.2 Å². The summed E-state index contributed by atoms with van der Waals surface area (Å²) in [5.41, 5.74) is 0.865. The molecule has 1 fully saturated rings. The maximum Gasteiger partial charge on any atom is 0.123 e. The molecule has 1 saturated heterocycles. The molecule has 0 amide bonds. The number of ether oxygens (including phenoxy) is 2. The lowest BCUT2D eigenvalue weighted by molar-refractivity contribution is 0.0609. The van der Waals surface area contributed by atoms with E-state index in [1.165, 1.54) is 12.1 Å². The normalized spacial score (nSPS) is 17.2. The lowest BCUT2D eigenvalue weighted by Gasteiger charge is -2.33. The van der Waals surface area contributed by atoms with Gasteiger partial charge in [-0.25, -0.2) is 4.39 Å². The standard InChI is InChI=1S/C20H24FNO3/c1-24-19-4-2-3-15(13-19)20(23)14-22-11-9-18(10-12-22)25-17-7-5-16(21)6-8-17/h2-8,13,18,20,23H,9-12,14H2,1H3. The fraction of sp³-hybridized carbons (Fsp3) is 0.400. The van der Waals surface area contributed by atoms with Crippen LogP contribution in [0.1, 0.15) is 24.5 Å². The number of aliphatic hydroxyl groups is 1. The number of methoxy groups -OCH3 is 1. The summed E-state index contributed by atoms with van der Waals surface area (Å²) in [5.74, 6) is 1.20. The molecule has 134 valence electrons. The zero-order chi connectivity index (χ0) is 17.6. The Morgan fingerprint density at radius 3 is 2.52 bits per heavy atom. The zero-order valence-corrected chi connectivity index (χ0v) is 14.4. The van der Waals surface area contributed by atoms with E-state index in [1.54, 1.807) is 19.2 Å². The maximum atomic E-state index is 12.9. The van der Waals surface area contributed by atoms with Gasteiger partial charge in [-0.15, -0.1) is 0 Å². The molecule has 0 aliphatic carbocycles. The minimum atomic E-state index is -0.537. The molecule has 0 saturated carbocycles. The third kappa shape index (κ3) is 4.94. The van der Waals surface area contributed by atoms with Gasteiger partial charge in [0.15, 0.2) is 0 Å². The number of rotatable bonds is 6. The van der Waals surface area contributed by atoms with E-state index in [1.807, 2.05) is 24.3 Å². The van der Waals surface area contributed by atoms with Crippen molar-refractivity contribution in [3.8, 4) is 11.5 Å². The third-order valence-corrected chi connectivity index (χ3v) is 4.56. The third-order valence-electron chi connectivity index (χ3n) is 4.56. The van der Waals surface area contributed by atoms with E-state index in [2.05, 4.69) is 4.90 Å². The summed E-state index contributed by atoms with van der Waals surface area (Å²) in [6, 6.07) is 13.7. The monoisotopic (exact) mass is 345 g/mol. The van der Waals surface area contributed by atoms with Crippen molar-refractivity contribution in [3.05, 3.63) is 59.9 Å². The molecule has 1 N–H and O–H groups in total. The van der Waals surface area contributed by atoms with Crippen molar-refractivity contribution in [3.63, 3.8) is 0 Å². The Bertz CT molecular complexity index is 669. The molecule has 1 atom stereocenters. The molecule has 1 unspecified atom stereocenters. The highest BCUT2D eigenvalue weighted by Crippen LogP contribution is 2.23. The average molecular weight is 345 g/mol. The summed E-state index contributed by atoms with van der Waals surface area (Å²) >= 11 is 0. The summed E-state index contributed by atoms with van der Waals surface area (Å²) < 4.78 is 24.0. The highest BCUT2D eigenvalue weighted by atomic mass is 19.1. The van der Waals surface area contributed by atoms with Crippen LogP contribution < -0.4 is 9.47 Å². The highest BCUT2D eigenvalue weighted by Gasteiger charge is 2.22. The van der Waals surface area contributed by atoms with E-state index < -0.39 is 6.10 Å². The van der Waals surface area contributed by atoms with Crippen LogP contribution in [0.3, 0.4) is 0 Å². The largest absolute Gasteiger partial charge is 0.497 e. The summed E-state index contributed by atoms with van der Waals surface area (Å²) in [4.78, 5) is 2.24. The minimum absolute atomic E-state index is 0.135.